The molecule has 0 fully saturated rings. The van der Waals surface area contributed by atoms with Crippen LogP contribution in [0.3, 0.4) is 0 Å². The fourth-order valence-electron chi connectivity index (χ4n) is 2.03. The van der Waals surface area contributed by atoms with Crippen molar-refractivity contribution in [3.63, 3.8) is 0 Å². The summed E-state index contributed by atoms with van der Waals surface area (Å²) < 4.78 is 27.9. The van der Waals surface area contributed by atoms with E-state index < -0.39 is 18.8 Å². The van der Waals surface area contributed by atoms with E-state index in [9.17, 15) is 13.6 Å². The third-order valence-electron chi connectivity index (χ3n) is 2.95. The van der Waals surface area contributed by atoms with Crippen LogP contribution in [-0.4, -0.2) is 32.3 Å². The van der Waals surface area contributed by atoms with Crippen molar-refractivity contribution in [1.29, 1.82) is 0 Å². The number of halogens is 2. The minimum absolute atomic E-state index is 0.0300. The highest BCUT2D eigenvalue weighted by atomic mass is 32.1. The second-order valence-electron chi connectivity index (χ2n) is 4.25. The number of aromatic nitrogens is 3. The number of rotatable bonds is 4. The van der Waals surface area contributed by atoms with E-state index in [1.54, 1.807) is 12.1 Å². The molecule has 3 aromatic heterocycles. The Kier molecular flexibility index (Phi) is 3.38. The van der Waals surface area contributed by atoms with Crippen LogP contribution in [0, 0.1) is 0 Å². The van der Waals surface area contributed by atoms with Crippen LogP contribution >= 0.6 is 11.3 Å². The molecule has 1 unspecified atom stereocenters. The van der Waals surface area contributed by atoms with Gasteiger partial charge in [0, 0.05) is 11.8 Å². The Morgan fingerprint density at radius 2 is 2.33 bits per heavy atom. The molecule has 0 saturated carbocycles. The number of hydrogen-bond donors (Lipinski definition) is 1. The highest BCUT2D eigenvalue weighted by Gasteiger charge is 2.24. The summed E-state index contributed by atoms with van der Waals surface area (Å²) in [7, 11) is 0. The van der Waals surface area contributed by atoms with Crippen molar-refractivity contribution in [3.8, 4) is 11.3 Å². The highest BCUT2D eigenvalue weighted by Crippen LogP contribution is 2.37. The monoisotopic (exact) mass is 309 g/mol. The van der Waals surface area contributed by atoms with Crippen LogP contribution in [0.5, 0.6) is 0 Å². The standard InChI is InChI=1S/C13H9F2N3O2S/c14-5-8(15)12-7(4-10(21-12)13(19)20)9-6-16-11-2-1-3-17-18(9)11/h1-4,6,8H,5H2,(H,19,20). The Bertz CT molecular complexity index is 815. The molecule has 8 heteroatoms. The zero-order valence-electron chi connectivity index (χ0n) is 10.5. The third-order valence-corrected chi connectivity index (χ3v) is 4.15. The summed E-state index contributed by atoms with van der Waals surface area (Å²) in [6, 6.07) is 4.73. The first-order chi connectivity index (χ1) is 10.1. The summed E-state index contributed by atoms with van der Waals surface area (Å²) in [6.07, 6.45) is 1.13. The zero-order chi connectivity index (χ0) is 15.0. The minimum Gasteiger partial charge on any atom is -0.477 e. The summed E-state index contributed by atoms with van der Waals surface area (Å²) in [5.74, 6) is -1.18. The fraction of sp³-hybridized carbons (Fsp3) is 0.154. The summed E-state index contributed by atoms with van der Waals surface area (Å²) in [4.78, 5) is 15.2. The van der Waals surface area contributed by atoms with Gasteiger partial charge in [0.25, 0.3) is 0 Å². The molecule has 0 amide bonds. The van der Waals surface area contributed by atoms with Gasteiger partial charge in [-0.05, 0) is 18.2 Å². The van der Waals surface area contributed by atoms with Crippen LogP contribution in [0.4, 0.5) is 8.78 Å². The number of carbonyl (C=O) groups is 1. The zero-order valence-corrected chi connectivity index (χ0v) is 11.3. The van der Waals surface area contributed by atoms with Gasteiger partial charge in [-0.15, -0.1) is 11.3 Å². The van der Waals surface area contributed by atoms with E-state index in [1.807, 2.05) is 0 Å². The van der Waals surface area contributed by atoms with Gasteiger partial charge in [-0.3, -0.25) is 0 Å². The van der Waals surface area contributed by atoms with Crippen molar-refractivity contribution in [2.45, 2.75) is 6.17 Å². The molecular formula is C13H9F2N3O2S. The first kappa shape index (κ1) is 13.6. The topological polar surface area (TPSA) is 67.5 Å². The minimum atomic E-state index is -1.87. The molecule has 0 radical (unpaired) electrons. The molecule has 0 saturated heterocycles. The van der Waals surface area contributed by atoms with Crippen molar-refractivity contribution in [3.05, 3.63) is 40.3 Å². The molecule has 0 aliphatic rings. The van der Waals surface area contributed by atoms with E-state index in [4.69, 9.17) is 5.11 Å². The molecule has 3 aromatic rings. The van der Waals surface area contributed by atoms with Gasteiger partial charge in [0.1, 0.15) is 11.6 Å². The fourth-order valence-corrected chi connectivity index (χ4v) is 2.99. The number of alkyl halides is 2. The molecule has 3 heterocycles. The maximum absolute atomic E-state index is 13.8. The Morgan fingerprint density at radius 1 is 1.52 bits per heavy atom. The van der Waals surface area contributed by atoms with Crippen molar-refractivity contribution < 1.29 is 18.7 Å². The molecule has 3 rings (SSSR count). The van der Waals surface area contributed by atoms with Gasteiger partial charge in [-0.1, -0.05) is 0 Å². The Balaban J connectivity index is 2.23. The van der Waals surface area contributed by atoms with E-state index in [-0.39, 0.29) is 9.75 Å². The van der Waals surface area contributed by atoms with Crippen LogP contribution in [-0.2, 0) is 0 Å². The summed E-state index contributed by atoms with van der Waals surface area (Å²) in [5.41, 5.74) is 1.27. The summed E-state index contributed by atoms with van der Waals surface area (Å²) >= 11 is 0.724. The SMILES string of the molecule is O=C(O)c1cc(-c2cnc3cccnn23)c(C(F)CF)s1. The number of fused-ring (bicyclic) bond motifs is 1. The molecule has 108 valence electrons. The first-order valence-corrected chi connectivity index (χ1v) is 6.79. The number of carboxylic acids is 1. The average molecular weight is 309 g/mol. The van der Waals surface area contributed by atoms with Crippen molar-refractivity contribution >= 4 is 23.0 Å². The lowest BCUT2D eigenvalue weighted by Gasteiger charge is -2.04. The Morgan fingerprint density at radius 3 is 3.05 bits per heavy atom. The van der Waals surface area contributed by atoms with Gasteiger partial charge in [0.15, 0.2) is 11.8 Å². The maximum Gasteiger partial charge on any atom is 0.345 e. The lowest BCUT2D eigenvalue weighted by molar-refractivity contribution is 0.0702. The normalized spacial score (nSPS) is 12.7. The molecule has 0 aliphatic heterocycles. The summed E-state index contributed by atoms with van der Waals surface area (Å²) in [6.45, 7) is -1.21. The smallest absolute Gasteiger partial charge is 0.345 e. The predicted molar refractivity (Wildman–Crippen MR) is 73.1 cm³/mol. The lowest BCUT2D eigenvalue weighted by atomic mass is 10.1. The maximum atomic E-state index is 13.8. The largest absolute Gasteiger partial charge is 0.477 e. The molecule has 1 N–H and O–H groups in total. The highest BCUT2D eigenvalue weighted by molar-refractivity contribution is 7.14. The Hall–Kier alpha value is -2.35. The van der Waals surface area contributed by atoms with Crippen molar-refractivity contribution in [1.82, 2.24) is 14.6 Å². The van der Waals surface area contributed by atoms with E-state index in [0.717, 1.165) is 11.3 Å². The van der Waals surface area contributed by atoms with Crippen molar-refractivity contribution in [2.24, 2.45) is 0 Å². The molecule has 5 nitrogen and oxygen atoms in total. The lowest BCUT2D eigenvalue weighted by Crippen LogP contribution is -1.96. The Labute approximate surface area is 121 Å². The van der Waals surface area contributed by atoms with Gasteiger partial charge in [0.2, 0.25) is 0 Å². The molecule has 1 atom stereocenters. The van der Waals surface area contributed by atoms with Gasteiger partial charge < -0.3 is 5.11 Å². The molecule has 0 bridgehead atoms. The van der Waals surface area contributed by atoms with Gasteiger partial charge in [-0.2, -0.15) is 5.10 Å². The third kappa shape index (κ3) is 2.27. The average Bonchev–Trinajstić information content (AvgIpc) is 3.10. The molecule has 21 heavy (non-hydrogen) atoms. The summed E-state index contributed by atoms with van der Waals surface area (Å²) in [5, 5.41) is 13.1. The van der Waals surface area contributed by atoms with Crippen LogP contribution in [0.2, 0.25) is 0 Å². The van der Waals surface area contributed by atoms with E-state index >= 15 is 0 Å². The van der Waals surface area contributed by atoms with Crippen LogP contribution in [0.1, 0.15) is 20.7 Å². The first-order valence-electron chi connectivity index (χ1n) is 5.98. The quantitative estimate of drug-likeness (QED) is 0.804. The van der Waals surface area contributed by atoms with Crippen LogP contribution in [0.15, 0.2) is 30.6 Å². The van der Waals surface area contributed by atoms with Gasteiger partial charge in [0.05, 0.1) is 16.8 Å². The van der Waals surface area contributed by atoms with Gasteiger partial charge >= 0.3 is 5.97 Å². The number of nitrogens with zero attached hydrogens (tertiary/aromatic N) is 3. The number of hydrogen-bond acceptors (Lipinski definition) is 4. The van der Waals surface area contributed by atoms with Crippen LogP contribution < -0.4 is 0 Å². The number of carboxylic acid groups (broad SMARTS) is 1. The second-order valence-corrected chi connectivity index (χ2v) is 5.34. The molecule has 0 aliphatic carbocycles. The number of aromatic carboxylic acids is 1. The number of imidazole rings is 1. The van der Waals surface area contributed by atoms with E-state index in [0.29, 0.717) is 16.9 Å². The van der Waals surface area contributed by atoms with Gasteiger partial charge in [-0.25, -0.2) is 23.1 Å². The van der Waals surface area contributed by atoms with Crippen LogP contribution in [0.25, 0.3) is 16.9 Å². The van der Waals surface area contributed by atoms with E-state index in [2.05, 4.69) is 10.1 Å². The predicted octanol–water partition coefficient (Wildman–Crippen LogP) is 3.14. The molecule has 0 aromatic carbocycles. The molecular weight excluding hydrogens is 300 g/mol. The van der Waals surface area contributed by atoms with Crippen molar-refractivity contribution in [2.75, 3.05) is 6.67 Å². The number of thiophene rings is 1. The second kappa shape index (κ2) is 5.21. The molecule has 0 spiro atoms. The van der Waals surface area contributed by atoms with E-state index in [1.165, 1.54) is 23.0 Å².